The second-order valence-corrected chi connectivity index (χ2v) is 6.45. The number of nitrogens with two attached hydrogens (primary N) is 1. The fourth-order valence-electron chi connectivity index (χ4n) is 3.70. The van der Waals surface area contributed by atoms with Crippen molar-refractivity contribution < 1.29 is 8.81 Å². The number of hydrogen-bond donors (Lipinski definition) is 1. The summed E-state index contributed by atoms with van der Waals surface area (Å²) in [6.45, 7) is 4.25. The summed E-state index contributed by atoms with van der Waals surface area (Å²) in [5.74, 6) is 1.96. The van der Waals surface area contributed by atoms with Crippen LogP contribution in [0, 0.1) is 24.6 Å². The molecule has 0 spiro atoms. The van der Waals surface area contributed by atoms with Gasteiger partial charge in [-0.15, -0.1) is 0 Å². The van der Waals surface area contributed by atoms with Gasteiger partial charge in [-0.05, 0) is 49.8 Å². The van der Waals surface area contributed by atoms with E-state index in [1.54, 1.807) is 12.1 Å². The maximum Gasteiger partial charge on any atom is 0.134 e. The number of furan rings is 1. The van der Waals surface area contributed by atoms with E-state index in [0.29, 0.717) is 5.92 Å². The summed E-state index contributed by atoms with van der Waals surface area (Å²) >= 11 is 0. The van der Waals surface area contributed by atoms with Gasteiger partial charge in [-0.2, -0.15) is 0 Å². The lowest BCUT2D eigenvalue weighted by Crippen LogP contribution is -2.26. The number of rotatable bonds is 3. The number of fused-ring (bicyclic) bond motifs is 1. The molecule has 0 bridgehead atoms. The minimum absolute atomic E-state index is 0.0710. The lowest BCUT2D eigenvalue weighted by Gasteiger charge is -2.31. The molecule has 1 aromatic carbocycles. The Balaban J connectivity index is 1.85. The van der Waals surface area contributed by atoms with Crippen LogP contribution in [0.4, 0.5) is 4.39 Å². The molecule has 0 amide bonds. The first-order valence-corrected chi connectivity index (χ1v) is 8.04. The van der Waals surface area contributed by atoms with Crippen LogP contribution in [0.3, 0.4) is 0 Å². The number of benzene rings is 1. The molecule has 2 N–H and O–H groups in total. The number of halogens is 1. The first-order chi connectivity index (χ1) is 10.1. The third kappa shape index (κ3) is 2.71. The minimum Gasteiger partial charge on any atom is -0.459 e. The van der Waals surface area contributed by atoms with E-state index >= 15 is 0 Å². The molecule has 1 heterocycles. The molecule has 1 fully saturated rings. The highest BCUT2D eigenvalue weighted by Crippen LogP contribution is 2.39. The van der Waals surface area contributed by atoms with E-state index in [0.717, 1.165) is 28.2 Å². The van der Waals surface area contributed by atoms with Crippen LogP contribution in [0.1, 0.15) is 56.4 Å². The summed E-state index contributed by atoms with van der Waals surface area (Å²) in [6.07, 6.45) is 6.14. The molecule has 1 aromatic heterocycles. The van der Waals surface area contributed by atoms with E-state index in [1.807, 2.05) is 6.92 Å². The van der Waals surface area contributed by atoms with Gasteiger partial charge in [-0.25, -0.2) is 4.39 Å². The molecule has 21 heavy (non-hydrogen) atoms. The van der Waals surface area contributed by atoms with Crippen molar-refractivity contribution in [1.29, 1.82) is 0 Å². The third-order valence-corrected chi connectivity index (χ3v) is 5.21. The van der Waals surface area contributed by atoms with Crippen molar-refractivity contribution in [3.8, 4) is 0 Å². The molecular weight excluding hydrogens is 265 g/mol. The van der Waals surface area contributed by atoms with Crippen molar-refractivity contribution in [3.05, 3.63) is 35.3 Å². The molecule has 2 nitrogen and oxygen atoms in total. The minimum atomic E-state index is -0.227. The summed E-state index contributed by atoms with van der Waals surface area (Å²) in [5.41, 5.74) is 8.20. The molecule has 114 valence electrons. The van der Waals surface area contributed by atoms with Gasteiger partial charge >= 0.3 is 0 Å². The summed E-state index contributed by atoms with van der Waals surface area (Å²) in [5, 5.41) is 0.850. The summed E-state index contributed by atoms with van der Waals surface area (Å²) in [7, 11) is 0. The summed E-state index contributed by atoms with van der Waals surface area (Å²) < 4.78 is 19.3. The molecule has 1 unspecified atom stereocenters. The topological polar surface area (TPSA) is 39.2 Å². The van der Waals surface area contributed by atoms with Crippen LogP contribution in [-0.2, 0) is 0 Å². The number of hydrogen-bond acceptors (Lipinski definition) is 2. The van der Waals surface area contributed by atoms with Gasteiger partial charge in [0.25, 0.3) is 0 Å². The van der Waals surface area contributed by atoms with Gasteiger partial charge in [-0.3, -0.25) is 0 Å². The van der Waals surface area contributed by atoms with Crippen LogP contribution >= 0.6 is 0 Å². The maximum absolute atomic E-state index is 13.4. The highest BCUT2D eigenvalue weighted by atomic mass is 19.1. The molecule has 3 rings (SSSR count). The summed E-state index contributed by atoms with van der Waals surface area (Å²) in [6, 6.07) is 4.60. The molecule has 0 radical (unpaired) electrons. The van der Waals surface area contributed by atoms with Crippen LogP contribution in [0.25, 0.3) is 11.0 Å². The van der Waals surface area contributed by atoms with Crippen LogP contribution in [0.2, 0.25) is 0 Å². The Morgan fingerprint density at radius 3 is 2.67 bits per heavy atom. The monoisotopic (exact) mass is 289 g/mol. The molecule has 3 heteroatoms. The average molecular weight is 289 g/mol. The molecule has 1 aliphatic carbocycles. The van der Waals surface area contributed by atoms with Crippen LogP contribution in [0.5, 0.6) is 0 Å². The van der Waals surface area contributed by atoms with Crippen molar-refractivity contribution in [2.45, 2.75) is 52.0 Å². The Labute approximate surface area is 125 Å². The zero-order valence-corrected chi connectivity index (χ0v) is 12.9. The average Bonchev–Trinajstić information content (AvgIpc) is 2.83. The molecule has 0 saturated heterocycles. The van der Waals surface area contributed by atoms with Crippen molar-refractivity contribution in [1.82, 2.24) is 0 Å². The Morgan fingerprint density at radius 1 is 1.29 bits per heavy atom. The van der Waals surface area contributed by atoms with Gasteiger partial charge < -0.3 is 10.2 Å². The van der Waals surface area contributed by atoms with E-state index in [2.05, 4.69) is 6.92 Å². The van der Waals surface area contributed by atoms with Crippen molar-refractivity contribution in [2.24, 2.45) is 17.6 Å². The fraction of sp³-hybridized carbons (Fsp3) is 0.556. The Hall–Kier alpha value is -1.35. The first kappa shape index (κ1) is 14.6. The molecule has 1 aliphatic rings. The second-order valence-electron chi connectivity index (χ2n) is 6.45. The van der Waals surface area contributed by atoms with Crippen molar-refractivity contribution >= 4 is 11.0 Å². The highest BCUT2D eigenvalue weighted by molar-refractivity contribution is 5.82. The fourth-order valence-corrected chi connectivity index (χ4v) is 3.70. The Kier molecular flexibility index (Phi) is 4.03. The van der Waals surface area contributed by atoms with E-state index in [1.165, 1.54) is 38.2 Å². The zero-order chi connectivity index (χ0) is 15.0. The van der Waals surface area contributed by atoms with Gasteiger partial charge in [0.2, 0.25) is 0 Å². The maximum atomic E-state index is 13.4. The largest absolute Gasteiger partial charge is 0.459 e. The van der Waals surface area contributed by atoms with Gasteiger partial charge in [-0.1, -0.05) is 26.2 Å². The quantitative estimate of drug-likeness (QED) is 0.854. The predicted molar refractivity (Wildman–Crippen MR) is 83.6 cm³/mol. The van der Waals surface area contributed by atoms with Gasteiger partial charge in [0.15, 0.2) is 0 Å². The van der Waals surface area contributed by atoms with Gasteiger partial charge in [0, 0.05) is 10.9 Å². The van der Waals surface area contributed by atoms with Crippen molar-refractivity contribution in [3.63, 3.8) is 0 Å². The van der Waals surface area contributed by atoms with Crippen LogP contribution in [0.15, 0.2) is 22.6 Å². The van der Waals surface area contributed by atoms with E-state index in [4.69, 9.17) is 10.2 Å². The standard InChI is InChI=1S/C18H24FNO/c1-3-12-4-6-13(7-5-12)17(20)18-11(2)15-10-14(19)8-9-16(15)21-18/h8-10,12-13,17H,3-7,20H2,1-2H3. The normalized spacial score (nSPS) is 24.4. The molecule has 1 saturated carbocycles. The van der Waals surface area contributed by atoms with Gasteiger partial charge in [0.05, 0.1) is 6.04 Å². The number of aryl methyl sites for hydroxylation is 1. The van der Waals surface area contributed by atoms with Crippen molar-refractivity contribution in [2.75, 3.05) is 0 Å². The lowest BCUT2D eigenvalue weighted by molar-refractivity contribution is 0.227. The third-order valence-electron chi connectivity index (χ3n) is 5.21. The zero-order valence-electron chi connectivity index (χ0n) is 12.9. The molecule has 1 atom stereocenters. The summed E-state index contributed by atoms with van der Waals surface area (Å²) in [4.78, 5) is 0. The lowest BCUT2D eigenvalue weighted by atomic mass is 9.77. The Bertz CT molecular complexity index is 625. The highest BCUT2D eigenvalue weighted by Gasteiger charge is 2.29. The van der Waals surface area contributed by atoms with Crippen LogP contribution < -0.4 is 5.73 Å². The molecule has 0 aliphatic heterocycles. The molecule has 2 aromatic rings. The first-order valence-electron chi connectivity index (χ1n) is 8.04. The molecular formula is C18H24FNO. The van der Waals surface area contributed by atoms with E-state index in [9.17, 15) is 4.39 Å². The van der Waals surface area contributed by atoms with E-state index < -0.39 is 0 Å². The Morgan fingerprint density at radius 2 is 2.00 bits per heavy atom. The van der Waals surface area contributed by atoms with Gasteiger partial charge in [0.1, 0.15) is 17.2 Å². The SMILES string of the molecule is CCC1CCC(C(N)c2oc3ccc(F)cc3c2C)CC1. The smallest absolute Gasteiger partial charge is 0.134 e. The predicted octanol–water partition coefficient (Wildman–Crippen LogP) is 5.10. The van der Waals surface area contributed by atoms with Crippen LogP contribution in [-0.4, -0.2) is 0 Å². The van der Waals surface area contributed by atoms with E-state index in [-0.39, 0.29) is 11.9 Å². The second kappa shape index (κ2) is 5.80.